The van der Waals surface area contributed by atoms with Crippen molar-refractivity contribution in [3.8, 4) is 34.2 Å². The third kappa shape index (κ3) is 3.22. The van der Waals surface area contributed by atoms with Gasteiger partial charge in [0.25, 0.3) is 0 Å². The fraction of sp³-hybridized carbons (Fsp3) is 0.0455. The van der Waals surface area contributed by atoms with Gasteiger partial charge < -0.3 is 0 Å². The highest BCUT2D eigenvalue weighted by molar-refractivity contribution is 5.66. The van der Waals surface area contributed by atoms with E-state index in [2.05, 4.69) is 15.0 Å². The SMILES string of the molecule is Cc1ccc(-c2nc(-c3ccccc3)nc(-c3ccccc3)n2)c(F)c1. The summed E-state index contributed by atoms with van der Waals surface area (Å²) >= 11 is 0. The van der Waals surface area contributed by atoms with Crippen molar-refractivity contribution < 1.29 is 4.39 Å². The molecule has 4 rings (SSSR count). The molecule has 26 heavy (non-hydrogen) atoms. The molecule has 0 atom stereocenters. The Kier molecular flexibility index (Phi) is 4.23. The molecule has 4 heteroatoms. The highest BCUT2D eigenvalue weighted by Gasteiger charge is 2.14. The van der Waals surface area contributed by atoms with Crippen LogP contribution >= 0.6 is 0 Å². The summed E-state index contributed by atoms with van der Waals surface area (Å²) in [5, 5.41) is 0. The van der Waals surface area contributed by atoms with Gasteiger partial charge in [0.1, 0.15) is 5.82 Å². The van der Waals surface area contributed by atoms with Crippen LogP contribution in [-0.2, 0) is 0 Å². The van der Waals surface area contributed by atoms with E-state index in [1.54, 1.807) is 6.07 Å². The maximum absolute atomic E-state index is 14.5. The molecule has 0 aliphatic heterocycles. The number of aryl methyl sites for hydroxylation is 1. The molecule has 0 bridgehead atoms. The second kappa shape index (κ2) is 6.84. The molecule has 4 aromatic rings. The van der Waals surface area contributed by atoms with E-state index in [9.17, 15) is 4.39 Å². The lowest BCUT2D eigenvalue weighted by molar-refractivity contribution is 0.628. The molecule has 0 saturated heterocycles. The zero-order chi connectivity index (χ0) is 17.9. The Balaban J connectivity index is 1.94. The predicted octanol–water partition coefficient (Wildman–Crippen LogP) is 5.32. The van der Waals surface area contributed by atoms with Crippen LogP contribution < -0.4 is 0 Å². The summed E-state index contributed by atoms with van der Waals surface area (Å²) in [6.45, 7) is 1.85. The largest absolute Gasteiger partial charge is 0.208 e. The fourth-order valence-corrected chi connectivity index (χ4v) is 2.73. The molecule has 0 aliphatic carbocycles. The third-order valence-corrected chi connectivity index (χ3v) is 4.06. The number of hydrogen-bond acceptors (Lipinski definition) is 3. The minimum Gasteiger partial charge on any atom is -0.208 e. The molecule has 3 aromatic carbocycles. The highest BCUT2D eigenvalue weighted by Crippen LogP contribution is 2.26. The van der Waals surface area contributed by atoms with E-state index >= 15 is 0 Å². The van der Waals surface area contributed by atoms with Gasteiger partial charge in [0.05, 0.1) is 5.56 Å². The van der Waals surface area contributed by atoms with Gasteiger partial charge in [0.15, 0.2) is 17.5 Å². The molecule has 1 heterocycles. The Labute approximate surface area is 151 Å². The molecule has 0 amide bonds. The first-order chi connectivity index (χ1) is 12.7. The van der Waals surface area contributed by atoms with E-state index in [1.807, 2.05) is 73.7 Å². The Morgan fingerprint density at radius 1 is 0.615 bits per heavy atom. The highest BCUT2D eigenvalue weighted by atomic mass is 19.1. The molecule has 0 spiro atoms. The first-order valence-corrected chi connectivity index (χ1v) is 8.34. The van der Waals surface area contributed by atoms with Gasteiger partial charge in [0.2, 0.25) is 0 Å². The van der Waals surface area contributed by atoms with Crippen LogP contribution in [0.5, 0.6) is 0 Å². The molecular weight excluding hydrogens is 325 g/mol. The summed E-state index contributed by atoms with van der Waals surface area (Å²) in [5.74, 6) is 1.04. The smallest absolute Gasteiger partial charge is 0.167 e. The van der Waals surface area contributed by atoms with E-state index in [1.165, 1.54) is 6.07 Å². The van der Waals surface area contributed by atoms with Crippen LogP contribution in [-0.4, -0.2) is 15.0 Å². The fourth-order valence-electron chi connectivity index (χ4n) is 2.73. The molecule has 0 radical (unpaired) electrons. The Morgan fingerprint density at radius 2 is 1.12 bits per heavy atom. The quantitative estimate of drug-likeness (QED) is 0.506. The molecule has 0 saturated carbocycles. The molecule has 1 aromatic heterocycles. The van der Waals surface area contributed by atoms with Crippen molar-refractivity contribution in [3.63, 3.8) is 0 Å². The van der Waals surface area contributed by atoms with Crippen molar-refractivity contribution in [2.75, 3.05) is 0 Å². The van der Waals surface area contributed by atoms with Gasteiger partial charge in [-0.3, -0.25) is 0 Å². The molecule has 0 unspecified atom stereocenters. The second-order valence-corrected chi connectivity index (χ2v) is 6.02. The van der Waals surface area contributed by atoms with Crippen molar-refractivity contribution in [1.29, 1.82) is 0 Å². The summed E-state index contributed by atoms with van der Waals surface area (Å²) in [6.07, 6.45) is 0. The molecule has 0 fully saturated rings. The van der Waals surface area contributed by atoms with Gasteiger partial charge in [-0.05, 0) is 24.6 Å². The Morgan fingerprint density at radius 3 is 1.62 bits per heavy atom. The molecule has 126 valence electrons. The standard InChI is InChI=1S/C22H16FN3/c1-15-12-13-18(19(23)14-15)22-25-20(16-8-4-2-5-9-16)24-21(26-22)17-10-6-3-7-11-17/h2-14H,1H3. The molecular formula is C22H16FN3. The maximum atomic E-state index is 14.5. The lowest BCUT2D eigenvalue weighted by Crippen LogP contribution is -2.01. The van der Waals surface area contributed by atoms with Gasteiger partial charge in [0, 0.05) is 11.1 Å². The van der Waals surface area contributed by atoms with Crippen LogP contribution in [0.25, 0.3) is 34.2 Å². The monoisotopic (exact) mass is 341 g/mol. The normalized spacial score (nSPS) is 10.7. The average molecular weight is 341 g/mol. The lowest BCUT2D eigenvalue weighted by atomic mass is 10.1. The minimum atomic E-state index is -0.339. The predicted molar refractivity (Wildman–Crippen MR) is 101 cm³/mol. The number of nitrogens with zero attached hydrogens (tertiary/aromatic N) is 3. The summed E-state index contributed by atoms with van der Waals surface area (Å²) in [4.78, 5) is 13.7. The summed E-state index contributed by atoms with van der Waals surface area (Å²) in [6, 6.07) is 24.3. The maximum Gasteiger partial charge on any atom is 0.167 e. The summed E-state index contributed by atoms with van der Waals surface area (Å²) in [5.41, 5.74) is 2.95. The number of hydrogen-bond donors (Lipinski definition) is 0. The molecule has 3 nitrogen and oxygen atoms in total. The van der Waals surface area contributed by atoms with Crippen molar-refractivity contribution >= 4 is 0 Å². The van der Waals surface area contributed by atoms with Crippen LogP contribution in [0.1, 0.15) is 5.56 Å². The van der Waals surface area contributed by atoms with E-state index in [0.29, 0.717) is 23.0 Å². The first-order valence-electron chi connectivity index (χ1n) is 8.34. The van der Waals surface area contributed by atoms with Crippen molar-refractivity contribution in [1.82, 2.24) is 15.0 Å². The second-order valence-electron chi connectivity index (χ2n) is 6.02. The van der Waals surface area contributed by atoms with Crippen LogP contribution in [0.15, 0.2) is 78.9 Å². The van der Waals surface area contributed by atoms with E-state index in [4.69, 9.17) is 0 Å². The van der Waals surface area contributed by atoms with Gasteiger partial charge in [-0.15, -0.1) is 0 Å². The van der Waals surface area contributed by atoms with E-state index in [0.717, 1.165) is 16.7 Å². The number of rotatable bonds is 3. The average Bonchev–Trinajstić information content (AvgIpc) is 2.69. The summed E-state index contributed by atoms with van der Waals surface area (Å²) in [7, 11) is 0. The van der Waals surface area contributed by atoms with Crippen LogP contribution in [0.3, 0.4) is 0 Å². The number of aromatic nitrogens is 3. The van der Waals surface area contributed by atoms with E-state index in [-0.39, 0.29) is 5.82 Å². The van der Waals surface area contributed by atoms with Gasteiger partial charge in [-0.2, -0.15) is 0 Å². The van der Waals surface area contributed by atoms with Crippen LogP contribution in [0, 0.1) is 12.7 Å². The number of benzene rings is 3. The van der Waals surface area contributed by atoms with Crippen LogP contribution in [0.2, 0.25) is 0 Å². The van der Waals surface area contributed by atoms with Gasteiger partial charge in [-0.1, -0.05) is 66.7 Å². The van der Waals surface area contributed by atoms with Crippen LogP contribution in [0.4, 0.5) is 4.39 Å². The summed E-state index contributed by atoms with van der Waals surface area (Å²) < 4.78 is 14.5. The minimum absolute atomic E-state index is 0.329. The Hall–Kier alpha value is -3.40. The lowest BCUT2D eigenvalue weighted by Gasteiger charge is -2.09. The zero-order valence-electron chi connectivity index (χ0n) is 14.2. The van der Waals surface area contributed by atoms with Crippen molar-refractivity contribution in [2.45, 2.75) is 6.92 Å². The van der Waals surface area contributed by atoms with Crippen molar-refractivity contribution in [2.24, 2.45) is 0 Å². The van der Waals surface area contributed by atoms with Gasteiger partial charge >= 0.3 is 0 Å². The third-order valence-electron chi connectivity index (χ3n) is 4.06. The van der Waals surface area contributed by atoms with Gasteiger partial charge in [-0.25, -0.2) is 19.3 Å². The first kappa shape index (κ1) is 16.1. The van der Waals surface area contributed by atoms with E-state index < -0.39 is 0 Å². The Bertz CT molecular complexity index is 990. The zero-order valence-corrected chi connectivity index (χ0v) is 14.2. The molecule has 0 N–H and O–H groups in total. The topological polar surface area (TPSA) is 38.7 Å². The van der Waals surface area contributed by atoms with Crippen molar-refractivity contribution in [3.05, 3.63) is 90.2 Å². The molecule has 0 aliphatic rings. The number of halogens is 1.